The number of benzene rings is 3. The SMILES string of the molecule is CCCNC(=O)c1ccc2c(c1)N(C(C)C[N+]1(CC(=O)c3ccccc3)CCCC1)c1ccccc1S2. The number of nitrogens with zero attached hydrogens (tertiary/aromatic N) is 2. The molecule has 2 heterocycles. The lowest BCUT2D eigenvalue weighted by Crippen LogP contribution is -2.55. The molecule has 3 aromatic carbocycles. The minimum absolute atomic E-state index is 0.0300. The molecule has 1 unspecified atom stereocenters. The fraction of sp³-hybridized carbons (Fsp3) is 0.355. The Morgan fingerprint density at radius 1 is 0.919 bits per heavy atom. The van der Waals surface area contributed by atoms with Crippen LogP contribution in [0.2, 0.25) is 0 Å². The molecule has 2 aliphatic heterocycles. The summed E-state index contributed by atoms with van der Waals surface area (Å²) >= 11 is 1.76. The summed E-state index contributed by atoms with van der Waals surface area (Å²) in [6.07, 6.45) is 3.21. The van der Waals surface area contributed by atoms with Crippen molar-refractivity contribution in [1.29, 1.82) is 0 Å². The van der Waals surface area contributed by atoms with Crippen LogP contribution in [0.25, 0.3) is 0 Å². The van der Waals surface area contributed by atoms with Crippen molar-refractivity contribution in [3.05, 3.63) is 83.9 Å². The van der Waals surface area contributed by atoms with E-state index in [0.29, 0.717) is 18.7 Å². The Bertz CT molecular complexity index is 1270. The third-order valence-corrected chi connectivity index (χ3v) is 8.67. The number of fused-ring (bicyclic) bond motifs is 2. The number of carbonyl (C=O) groups excluding carboxylic acids is 2. The summed E-state index contributed by atoms with van der Waals surface area (Å²) < 4.78 is 0.812. The standard InChI is InChI=1S/C31H35N3O2S/c1-3-17-32-31(36)25-15-16-30-27(20-25)33(26-13-7-8-14-29(26)37-30)23(2)21-34(18-9-10-19-34)22-28(35)24-11-5-4-6-12-24/h4-8,11-16,20,23H,3,9-10,17-19,21-22H2,1-2H3/p+1. The van der Waals surface area contributed by atoms with Crippen LogP contribution in [0.4, 0.5) is 11.4 Å². The molecule has 0 bridgehead atoms. The number of quaternary nitrogens is 1. The first kappa shape index (κ1) is 25.6. The molecule has 6 heteroatoms. The number of nitrogens with one attached hydrogen (secondary N) is 1. The molecule has 0 aromatic heterocycles. The number of likely N-dealkylation sites (tertiary alicyclic amines) is 1. The molecule has 0 saturated carbocycles. The summed E-state index contributed by atoms with van der Waals surface area (Å²) in [6.45, 7) is 8.46. The third-order valence-electron chi connectivity index (χ3n) is 7.54. The van der Waals surface area contributed by atoms with Crippen molar-refractivity contribution in [1.82, 2.24) is 5.32 Å². The van der Waals surface area contributed by atoms with Gasteiger partial charge in [0.25, 0.3) is 5.91 Å². The normalized spacial score (nSPS) is 16.5. The van der Waals surface area contributed by atoms with Gasteiger partial charge in [-0.3, -0.25) is 9.59 Å². The summed E-state index contributed by atoms with van der Waals surface area (Å²) in [5.74, 6) is 0.192. The van der Waals surface area contributed by atoms with Crippen LogP contribution in [-0.2, 0) is 0 Å². The average molecular weight is 515 g/mol. The molecule has 0 aliphatic carbocycles. The smallest absolute Gasteiger partial charge is 0.251 e. The van der Waals surface area contributed by atoms with Gasteiger partial charge in [0.1, 0.15) is 6.54 Å². The van der Waals surface area contributed by atoms with Gasteiger partial charge in [-0.2, -0.15) is 0 Å². The predicted molar refractivity (Wildman–Crippen MR) is 151 cm³/mol. The van der Waals surface area contributed by atoms with E-state index in [-0.39, 0.29) is 17.7 Å². The number of rotatable bonds is 9. The van der Waals surface area contributed by atoms with Gasteiger partial charge in [0, 0.05) is 40.3 Å². The Hall–Kier alpha value is -3.09. The van der Waals surface area contributed by atoms with Gasteiger partial charge in [-0.1, -0.05) is 61.2 Å². The lowest BCUT2D eigenvalue weighted by molar-refractivity contribution is -0.909. The zero-order chi connectivity index (χ0) is 25.8. The topological polar surface area (TPSA) is 49.4 Å². The zero-order valence-corrected chi connectivity index (χ0v) is 22.6. The van der Waals surface area contributed by atoms with E-state index >= 15 is 0 Å². The van der Waals surface area contributed by atoms with Crippen LogP contribution >= 0.6 is 11.8 Å². The van der Waals surface area contributed by atoms with E-state index in [0.717, 1.165) is 59.5 Å². The van der Waals surface area contributed by atoms with Crippen molar-refractivity contribution in [2.45, 2.75) is 48.9 Å². The Morgan fingerprint density at radius 3 is 2.38 bits per heavy atom. The molecule has 2 aliphatic rings. The number of hydrogen-bond acceptors (Lipinski definition) is 4. The maximum atomic E-state index is 13.3. The van der Waals surface area contributed by atoms with Crippen molar-refractivity contribution < 1.29 is 14.1 Å². The number of ketones is 1. The maximum Gasteiger partial charge on any atom is 0.251 e. The van der Waals surface area contributed by atoms with Crippen molar-refractivity contribution in [3.63, 3.8) is 0 Å². The minimum Gasteiger partial charge on any atom is -0.352 e. The molecule has 1 atom stereocenters. The average Bonchev–Trinajstić information content (AvgIpc) is 3.37. The van der Waals surface area contributed by atoms with Gasteiger partial charge < -0.3 is 14.7 Å². The van der Waals surface area contributed by atoms with E-state index in [1.807, 2.05) is 42.5 Å². The number of carbonyl (C=O) groups is 2. The second kappa shape index (κ2) is 11.1. The molecular weight excluding hydrogens is 478 g/mol. The van der Waals surface area contributed by atoms with E-state index in [9.17, 15) is 9.59 Å². The quantitative estimate of drug-likeness (QED) is 0.269. The van der Waals surface area contributed by atoms with E-state index < -0.39 is 0 Å². The Kier molecular flexibility index (Phi) is 7.68. The first-order valence-electron chi connectivity index (χ1n) is 13.4. The molecule has 37 heavy (non-hydrogen) atoms. The first-order valence-corrected chi connectivity index (χ1v) is 14.2. The largest absolute Gasteiger partial charge is 0.352 e. The molecule has 1 amide bonds. The highest BCUT2D eigenvalue weighted by molar-refractivity contribution is 7.99. The first-order chi connectivity index (χ1) is 18.0. The second-order valence-electron chi connectivity index (χ2n) is 10.4. The molecule has 1 N–H and O–H groups in total. The van der Waals surface area contributed by atoms with Gasteiger partial charge in [0.15, 0.2) is 0 Å². The van der Waals surface area contributed by atoms with E-state index in [1.54, 1.807) is 11.8 Å². The summed E-state index contributed by atoms with van der Waals surface area (Å²) in [5.41, 5.74) is 3.73. The van der Waals surface area contributed by atoms with Gasteiger partial charge in [-0.05, 0) is 43.7 Å². The Balaban J connectivity index is 1.46. The van der Waals surface area contributed by atoms with Crippen LogP contribution in [0.3, 0.4) is 0 Å². The summed E-state index contributed by atoms with van der Waals surface area (Å²) in [7, 11) is 0. The van der Waals surface area contributed by atoms with Crippen LogP contribution < -0.4 is 10.2 Å². The summed E-state index contributed by atoms with van der Waals surface area (Å²) in [5, 5.41) is 3.02. The minimum atomic E-state index is -0.0300. The van der Waals surface area contributed by atoms with Gasteiger partial charge in [0.05, 0.1) is 37.1 Å². The monoisotopic (exact) mass is 514 g/mol. The van der Waals surface area contributed by atoms with Crippen molar-refractivity contribution in [3.8, 4) is 0 Å². The number of hydrogen-bond donors (Lipinski definition) is 1. The van der Waals surface area contributed by atoms with Crippen LogP contribution in [0.1, 0.15) is 53.8 Å². The van der Waals surface area contributed by atoms with Crippen molar-refractivity contribution in [2.24, 2.45) is 0 Å². The number of Topliss-reactive ketones (excluding diaryl/α,β-unsaturated/α-hetero) is 1. The second-order valence-corrected chi connectivity index (χ2v) is 11.4. The molecule has 0 spiro atoms. The van der Waals surface area contributed by atoms with Gasteiger partial charge in [-0.15, -0.1) is 0 Å². The predicted octanol–water partition coefficient (Wildman–Crippen LogP) is 6.31. The van der Waals surface area contributed by atoms with Gasteiger partial charge in [-0.25, -0.2) is 0 Å². The number of anilines is 2. The fourth-order valence-corrected chi connectivity index (χ4v) is 6.87. The zero-order valence-electron chi connectivity index (χ0n) is 21.8. The van der Waals surface area contributed by atoms with Crippen molar-refractivity contribution >= 4 is 34.8 Å². The molecule has 1 saturated heterocycles. The van der Waals surface area contributed by atoms with E-state index in [2.05, 4.69) is 54.4 Å². The number of amides is 1. The molecular formula is C31H36N3O2S+. The maximum absolute atomic E-state index is 13.3. The summed E-state index contributed by atoms with van der Waals surface area (Å²) in [6, 6.07) is 24.4. The molecule has 3 aromatic rings. The fourth-order valence-electron chi connectivity index (χ4n) is 5.81. The lowest BCUT2D eigenvalue weighted by atomic mass is 10.1. The molecule has 5 rings (SSSR count). The lowest BCUT2D eigenvalue weighted by Gasteiger charge is -2.42. The summed E-state index contributed by atoms with van der Waals surface area (Å²) in [4.78, 5) is 30.9. The molecule has 5 nitrogen and oxygen atoms in total. The number of para-hydroxylation sites is 1. The van der Waals surface area contributed by atoms with Crippen LogP contribution in [0, 0.1) is 0 Å². The molecule has 0 radical (unpaired) electrons. The van der Waals surface area contributed by atoms with Crippen LogP contribution in [-0.4, -0.2) is 54.9 Å². The Morgan fingerprint density at radius 2 is 1.62 bits per heavy atom. The molecule has 1 fully saturated rings. The van der Waals surface area contributed by atoms with Crippen LogP contribution in [0.5, 0.6) is 0 Å². The van der Waals surface area contributed by atoms with Crippen LogP contribution in [0.15, 0.2) is 82.6 Å². The highest BCUT2D eigenvalue weighted by atomic mass is 32.2. The van der Waals surface area contributed by atoms with Crippen molar-refractivity contribution in [2.75, 3.05) is 37.6 Å². The van der Waals surface area contributed by atoms with Gasteiger partial charge in [0.2, 0.25) is 5.78 Å². The third kappa shape index (κ3) is 5.46. The molecule has 192 valence electrons. The van der Waals surface area contributed by atoms with E-state index in [1.165, 1.54) is 10.6 Å². The highest BCUT2D eigenvalue weighted by Gasteiger charge is 2.39. The van der Waals surface area contributed by atoms with E-state index in [4.69, 9.17) is 0 Å². The van der Waals surface area contributed by atoms with Gasteiger partial charge >= 0.3 is 0 Å². The Labute approximate surface area is 224 Å². The highest BCUT2D eigenvalue weighted by Crippen LogP contribution is 2.49.